The summed E-state index contributed by atoms with van der Waals surface area (Å²) in [7, 11) is 1.62. The van der Waals surface area contributed by atoms with Gasteiger partial charge in [0, 0.05) is 23.0 Å². The number of halogens is 1. The Hall–Kier alpha value is -2.79. The highest BCUT2D eigenvalue weighted by Crippen LogP contribution is 2.31. The van der Waals surface area contributed by atoms with Gasteiger partial charge in [0.05, 0.1) is 12.6 Å². The molecule has 1 amide bonds. The Kier molecular flexibility index (Phi) is 4.39. The van der Waals surface area contributed by atoms with E-state index >= 15 is 0 Å². The van der Waals surface area contributed by atoms with Crippen LogP contribution in [0.2, 0.25) is 5.02 Å². The summed E-state index contributed by atoms with van der Waals surface area (Å²) in [5.74, 6) is 1.94. The van der Waals surface area contributed by atoms with E-state index in [0.717, 1.165) is 28.6 Å². The molecule has 0 spiro atoms. The fourth-order valence-corrected chi connectivity index (χ4v) is 3.19. The number of anilines is 1. The number of hydrogen-bond acceptors (Lipinski definition) is 4. The average molecular weight is 369 g/mol. The van der Waals surface area contributed by atoms with Gasteiger partial charge in [0.2, 0.25) is 0 Å². The van der Waals surface area contributed by atoms with Gasteiger partial charge in [-0.25, -0.2) is 4.98 Å². The van der Waals surface area contributed by atoms with Crippen LogP contribution in [0.4, 0.5) is 5.82 Å². The highest BCUT2D eigenvalue weighted by atomic mass is 35.5. The molecular weight excluding hydrogens is 352 g/mol. The molecule has 1 aromatic heterocycles. The number of aromatic nitrogens is 1. The maximum Gasteiger partial charge on any atom is 0.266 e. The Morgan fingerprint density at radius 1 is 1.15 bits per heavy atom. The molecule has 4 rings (SSSR count). The molecule has 0 radical (unpaired) electrons. The third-order valence-corrected chi connectivity index (χ3v) is 4.67. The van der Waals surface area contributed by atoms with Crippen LogP contribution < -0.4 is 14.4 Å². The van der Waals surface area contributed by atoms with Gasteiger partial charge < -0.3 is 9.47 Å². The first-order valence-electron chi connectivity index (χ1n) is 8.30. The minimum atomic E-state index is -0.117. The lowest BCUT2D eigenvalue weighted by Gasteiger charge is -2.17. The Morgan fingerprint density at radius 3 is 2.69 bits per heavy atom. The van der Waals surface area contributed by atoms with Crippen molar-refractivity contribution in [3.8, 4) is 11.5 Å². The number of nitrogens with zero attached hydrogens (tertiary/aromatic N) is 2. The van der Waals surface area contributed by atoms with Gasteiger partial charge in [-0.1, -0.05) is 11.6 Å². The number of fused-ring (bicyclic) bond motifs is 2. The molecule has 2 heterocycles. The van der Waals surface area contributed by atoms with E-state index in [4.69, 9.17) is 21.1 Å². The van der Waals surface area contributed by atoms with Gasteiger partial charge in [-0.15, -0.1) is 0 Å². The smallest absolute Gasteiger partial charge is 0.266 e. The zero-order valence-electron chi connectivity index (χ0n) is 14.2. The van der Waals surface area contributed by atoms with E-state index in [1.165, 1.54) is 0 Å². The maximum atomic E-state index is 12.6. The second-order valence-corrected chi connectivity index (χ2v) is 6.50. The van der Waals surface area contributed by atoms with Crippen LogP contribution in [0.3, 0.4) is 0 Å². The highest BCUT2D eigenvalue weighted by Gasteiger charge is 2.27. The predicted octanol–water partition coefficient (Wildman–Crippen LogP) is 3.86. The van der Waals surface area contributed by atoms with Crippen LogP contribution in [0.5, 0.6) is 11.5 Å². The van der Waals surface area contributed by atoms with Crippen LogP contribution >= 0.6 is 11.6 Å². The number of pyridine rings is 1. The number of rotatable bonds is 4. The van der Waals surface area contributed by atoms with E-state index in [1.807, 2.05) is 18.2 Å². The topological polar surface area (TPSA) is 51.7 Å². The molecule has 6 heteroatoms. The van der Waals surface area contributed by atoms with Crippen LogP contribution in [0.1, 0.15) is 5.56 Å². The first-order chi connectivity index (χ1) is 12.6. The van der Waals surface area contributed by atoms with Gasteiger partial charge in [0.15, 0.2) is 6.61 Å². The molecule has 1 aliphatic heterocycles. The third kappa shape index (κ3) is 3.18. The van der Waals surface area contributed by atoms with E-state index in [1.54, 1.807) is 36.3 Å². The third-order valence-electron chi connectivity index (χ3n) is 4.42. The molecule has 2 aromatic carbocycles. The standard InChI is InChI=1S/C20H17ClN2O3/c1-25-17-5-2-13-10-14-8-9-23(20(14)22-18(13)11-17)19(24)12-26-16-6-3-15(21)4-7-16/h2-7,10-11H,8-9,12H2,1H3. The lowest BCUT2D eigenvalue weighted by Crippen LogP contribution is -2.33. The minimum absolute atomic E-state index is 0.0428. The van der Waals surface area contributed by atoms with E-state index < -0.39 is 0 Å². The Labute approximate surface area is 156 Å². The fourth-order valence-electron chi connectivity index (χ4n) is 3.06. The first kappa shape index (κ1) is 16.7. The second-order valence-electron chi connectivity index (χ2n) is 6.07. The molecule has 3 aromatic rings. The summed E-state index contributed by atoms with van der Waals surface area (Å²) in [5.41, 5.74) is 1.88. The largest absolute Gasteiger partial charge is 0.497 e. The van der Waals surface area contributed by atoms with Crippen LogP contribution in [0.15, 0.2) is 48.5 Å². The van der Waals surface area contributed by atoms with Crippen molar-refractivity contribution in [3.63, 3.8) is 0 Å². The molecule has 132 valence electrons. The van der Waals surface area contributed by atoms with Crippen molar-refractivity contribution in [1.82, 2.24) is 4.98 Å². The van der Waals surface area contributed by atoms with Gasteiger partial charge >= 0.3 is 0 Å². The molecule has 0 aliphatic carbocycles. The van der Waals surface area contributed by atoms with Crippen LogP contribution in [0.25, 0.3) is 10.9 Å². The molecule has 0 saturated heterocycles. The number of ether oxygens (including phenoxy) is 2. The Morgan fingerprint density at radius 2 is 1.92 bits per heavy atom. The van der Waals surface area contributed by atoms with Gasteiger partial charge in [-0.05, 0) is 54.4 Å². The molecule has 0 N–H and O–H groups in total. The summed E-state index contributed by atoms with van der Waals surface area (Å²) in [4.78, 5) is 19.0. The number of benzene rings is 2. The first-order valence-corrected chi connectivity index (χ1v) is 8.68. The van der Waals surface area contributed by atoms with E-state index in [2.05, 4.69) is 11.1 Å². The zero-order chi connectivity index (χ0) is 18.1. The highest BCUT2D eigenvalue weighted by molar-refractivity contribution is 6.30. The van der Waals surface area contributed by atoms with E-state index in [9.17, 15) is 4.79 Å². The number of amides is 1. The molecule has 0 fully saturated rings. The van der Waals surface area contributed by atoms with Crippen LogP contribution in [0, 0.1) is 0 Å². The molecule has 0 saturated carbocycles. The number of hydrogen-bond donors (Lipinski definition) is 0. The summed E-state index contributed by atoms with van der Waals surface area (Å²) < 4.78 is 10.8. The molecule has 0 unspecified atom stereocenters. The quantitative estimate of drug-likeness (QED) is 0.701. The Balaban J connectivity index is 1.55. The number of carbonyl (C=O) groups excluding carboxylic acids is 1. The van der Waals surface area contributed by atoms with Gasteiger partial charge in [0.1, 0.15) is 17.3 Å². The van der Waals surface area contributed by atoms with E-state index in [-0.39, 0.29) is 12.5 Å². The maximum absolute atomic E-state index is 12.6. The molecule has 0 bridgehead atoms. The Bertz CT molecular complexity index is 973. The predicted molar refractivity (Wildman–Crippen MR) is 101 cm³/mol. The van der Waals surface area contributed by atoms with Crippen molar-refractivity contribution in [1.29, 1.82) is 0 Å². The van der Waals surface area contributed by atoms with Crippen LogP contribution in [-0.4, -0.2) is 31.2 Å². The summed E-state index contributed by atoms with van der Waals surface area (Å²) in [5, 5.41) is 1.67. The molecular formula is C20H17ClN2O3. The second kappa shape index (κ2) is 6.84. The van der Waals surface area contributed by atoms with Gasteiger partial charge in [0.25, 0.3) is 5.91 Å². The van der Waals surface area contributed by atoms with Crippen LogP contribution in [-0.2, 0) is 11.2 Å². The SMILES string of the molecule is COc1ccc2cc3c(nc2c1)N(C(=O)COc1ccc(Cl)cc1)CC3. The summed E-state index contributed by atoms with van der Waals surface area (Å²) in [6.45, 7) is 0.567. The monoisotopic (exact) mass is 368 g/mol. The zero-order valence-corrected chi connectivity index (χ0v) is 15.0. The fraction of sp³-hybridized carbons (Fsp3) is 0.200. The summed E-state index contributed by atoms with van der Waals surface area (Å²) in [6.07, 6.45) is 0.789. The molecule has 0 atom stereocenters. The average Bonchev–Trinajstić information content (AvgIpc) is 3.07. The normalized spacial score (nSPS) is 12.9. The summed E-state index contributed by atoms with van der Waals surface area (Å²) >= 11 is 5.86. The summed E-state index contributed by atoms with van der Waals surface area (Å²) in [6, 6.07) is 14.8. The lowest BCUT2D eigenvalue weighted by atomic mass is 10.1. The number of carbonyl (C=O) groups is 1. The van der Waals surface area contributed by atoms with Crippen molar-refractivity contribution < 1.29 is 14.3 Å². The molecule has 5 nitrogen and oxygen atoms in total. The van der Waals surface area contributed by atoms with Gasteiger partial charge in [-0.2, -0.15) is 0 Å². The number of methoxy groups -OCH3 is 1. The lowest BCUT2D eigenvalue weighted by molar-refractivity contribution is -0.120. The van der Waals surface area contributed by atoms with Crippen molar-refractivity contribution in [3.05, 3.63) is 59.1 Å². The molecule has 26 heavy (non-hydrogen) atoms. The van der Waals surface area contributed by atoms with E-state index in [0.29, 0.717) is 23.1 Å². The molecule has 1 aliphatic rings. The van der Waals surface area contributed by atoms with Crippen molar-refractivity contribution >= 4 is 34.2 Å². The van der Waals surface area contributed by atoms with Gasteiger partial charge in [-0.3, -0.25) is 9.69 Å². The van der Waals surface area contributed by atoms with Crippen molar-refractivity contribution in [2.75, 3.05) is 25.2 Å². The van der Waals surface area contributed by atoms with Crippen molar-refractivity contribution in [2.24, 2.45) is 0 Å². The van der Waals surface area contributed by atoms with Crippen molar-refractivity contribution in [2.45, 2.75) is 6.42 Å². The minimum Gasteiger partial charge on any atom is -0.497 e.